The van der Waals surface area contributed by atoms with Gasteiger partial charge in [-0.15, -0.1) is 0 Å². The van der Waals surface area contributed by atoms with E-state index in [1.54, 1.807) is 6.07 Å². The van der Waals surface area contributed by atoms with Crippen LogP contribution in [0.15, 0.2) is 34.4 Å². The Labute approximate surface area is 182 Å². The molecule has 0 aliphatic carbocycles. The van der Waals surface area contributed by atoms with Gasteiger partial charge in [0.25, 0.3) is 0 Å². The van der Waals surface area contributed by atoms with Gasteiger partial charge in [0, 0.05) is 32.9 Å². The molecule has 0 radical (unpaired) electrons. The molecule has 0 bridgehead atoms. The summed E-state index contributed by atoms with van der Waals surface area (Å²) >= 11 is 0. The number of allylic oxidation sites excluding steroid dienone is 1. The van der Waals surface area contributed by atoms with Crippen LogP contribution < -0.4 is 4.90 Å². The number of aliphatic hydroxyl groups is 1. The Morgan fingerprint density at radius 3 is 2.29 bits per heavy atom. The van der Waals surface area contributed by atoms with E-state index in [0.717, 1.165) is 36.7 Å². The largest absolute Gasteiger partial charge is 0.508 e. The van der Waals surface area contributed by atoms with Crippen molar-refractivity contribution >= 4 is 33.2 Å². The van der Waals surface area contributed by atoms with E-state index in [1.165, 1.54) is 40.1 Å². The third-order valence-corrected chi connectivity index (χ3v) is 6.83. The lowest BCUT2D eigenvalue weighted by Gasteiger charge is -2.30. The van der Waals surface area contributed by atoms with Gasteiger partial charge in [-0.25, -0.2) is 17.5 Å². The van der Waals surface area contributed by atoms with Crippen molar-refractivity contribution < 1.29 is 27.9 Å². The van der Waals surface area contributed by atoms with Crippen LogP contribution in [0.2, 0.25) is 0 Å². The van der Waals surface area contributed by atoms with Gasteiger partial charge < -0.3 is 20.2 Å². The molecule has 0 unspecified atom stereocenters. The molecule has 1 aromatic carbocycles. The molecule has 1 heterocycles. The Hall–Kier alpha value is -2.72. The second-order valence-electron chi connectivity index (χ2n) is 7.59. The number of aliphatic hydroxyl groups excluding tert-OH is 1. The van der Waals surface area contributed by atoms with Crippen molar-refractivity contribution in [3.63, 3.8) is 0 Å². The number of sulfonamides is 1. The molecular weight excluding hydrogens is 422 g/mol. The van der Waals surface area contributed by atoms with E-state index in [9.17, 15) is 23.1 Å². The van der Waals surface area contributed by atoms with Gasteiger partial charge in [-0.1, -0.05) is 0 Å². The first-order valence-electron chi connectivity index (χ1n) is 9.94. The molecule has 10 heteroatoms. The smallest absolute Gasteiger partial charge is 0.340 e. The van der Waals surface area contributed by atoms with Gasteiger partial charge in [-0.05, 0) is 51.3 Å². The lowest BCUT2D eigenvalue weighted by Crippen LogP contribution is -2.31. The number of ether oxygens (including phenoxy) is 1. The van der Waals surface area contributed by atoms with Gasteiger partial charge >= 0.3 is 5.97 Å². The monoisotopic (exact) mass is 451 g/mol. The van der Waals surface area contributed by atoms with Gasteiger partial charge in [-0.3, -0.25) is 4.79 Å². The van der Waals surface area contributed by atoms with Crippen molar-refractivity contribution in [1.29, 1.82) is 5.41 Å². The predicted octanol–water partition coefficient (Wildman–Crippen LogP) is 2.52. The standard InChI is InChI=1S/C21H29N3O6S/c1-14(22)20(15(2)25)19(26)13-30-21(27)17-12-16(31(28,29)23(3)4)8-9-18(17)24-10-6-5-7-11-24/h8-9,12,22,26H,5-7,10-11,13H2,1-4H3/b20-19-,22-14?. The van der Waals surface area contributed by atoms with Gasteiger partial charge in [0.05, 0.1) is 21.7 Å². The Bertz CT molecular complexity index is 992. The van der Waals surface area contributed by atoms with Crippen molar-refractivity contribution in [2.45, 2.75) is 38.0 Å². The van der Waals surface area contributed by atoms with Crippen LogP contribution in [0.1, 0.15) is 43.5 Å². The summed E-state index contributed by atoms with van der Waals surface area (Å²) in [4.78, 5) is 26.5. The van der Waals surface area contributed by atoms with Crippen LogP contribution in [0.4, 0.5) is 5.69 Å². The Morgan fingerprint density at radius 1 is 1.16 bits per heavy atom. The Kier molecular flexibility index (Phi) is 7.96. The number of nitrogens with one attached hydrogen (secondary N) is 1. The number of ketones is 1. The van der Waals surface area contributed by atoms with Gasteiger partial charge in [0.1, 0.15) is 12.4 Å². The maximum absolute atomic E-state index is 12.9. The van der Waals surface area contributed by atoms with E-state index < -0.39 is 34.1 Å². The lowest BCUT2D eigenvalue weighted by molar-refractivity contribution is -0.113. The first kappa shape index (κ1) is 24.5. The topological polar surface area (TPSA) is 128 Å². The van der Waals surface area contributed by atoms with Crippen molar-refractivity contribution in [3.05, 3.63) is 35.1 Å². The van der Waals surface area contributed by atoms with Crippen LogP contribution >= 0.6 is 0 Å². The summed E-state index contributed by atoms with van der Waals surface area (Å²) < 4.78 is 31.4. The third-order valence-electron chi connectivity index (χ3n) is 5.02. The highest BCUT2D eigenvalue weighted by Crippen LogP contribution is 2.28. The van der Waals surface area contributed by atoms with Crippen molar-refractivity contribution in [3.8, 4) is 0 Å². The average molecular weight is 452 g/mol. The molecule has 1 aliphatic heterocycles. The molecule has 1 saturated heterocycles. The molecule has 0 spiro atoms. The predicted molar refractivity (Wildman–Crippen MR) is 117 cm³/mol. The highest BCUT2D eigenvalue weighted by molar-refractivity contribution is 7.89. The van der Waals surface area contributed by atoms with E-state index in [2.05, 4.69) is 0 Å². The number of esters is 1. The number of hydrogen-bond acceptors (Lipinski definition) is 8. The maximum atomic E-state index is 12.9. The number of Topliss-reactive ketones (excluding diaryl/α,β-unsaturated/α-hetero) is 1. The van der Waals surface area contributed by atoms with Crippen molar-refractivity contribution in [1.82, 2.24) is 4.31 Å². The number of rotatable bonds is 8. The number of carbonyl (C=O) groups is 2. The number of anilines is 1. The highest BCUT2D eigenvalue weighted by atomic mass is 32.2. The van der Waals surface area contributed by atoms with E-state index >= 15 is 0 Å². The fourth-order valence-corrected chi connectivity index (χ4v) is 4.36. The average Bonchev–Trinajstić information content (AvgIpc) is 2.71. The first-order valence-corrected chi connectivity index (χ1v) is 11.4. The number of benzene rings is 1. The maximum Gasteiger partial charge on any atom is 0.340 e. The molecule has 0 saturated carbocycles. The van der Waals surface area contributed by atoms with Gasteiger partial charge in [0.15, 0.2) is 5.78 Å². The summed E-state index contributed by atoms with van der Waals surface area (Å²) in [5.41, 5.74) is 0.261. The molecule has 0 amide bonds. The van der Waals surface area contributed by atoms with E-state index in [4.69, 9.17) is 10.1 Å². The SMILES string of the molecule is CC(=N)/C(C(C)=O)=C(/O)COC(=O)c1cc(S(=O)(=O)N(C)C)ccc1N1CCCCC1. The summed E-state index contributed by atoms with van der Waals surface area (Å²) in [7, 11) is -0.971. The molecule has 1 fully saturated rings. The fourth-order valence-electron chi connectivity index (χ4n) is 3.43. The highest BCUT2D eigenvalue weighted by Gasteiger charge is 2.25. The third kappa shape index (κ3) is 5.71. The quantitative estimate of drug-likeness (QED) is 0.269. The van der Waals surface area contributed by atoms with Crippen LogP contribution in [0.25, 0.3) is 0 Å². The second-order valence-corrected chi connectivity index (χ2v) is 9.74. The Morgan fingerprint density at radius 2 is 1.77 bits per heavy atom. The zero-order chi connectivity index (χ0) is 23.3. The zero-order valence-corrected chi connectivity index (χ0v) is 19.1. The Balaban J connectivity index is 2.43. The number of nitrogens with zero attached hydrogens (tertiary/aromatic N) is 2. The summed E-state index contributed by atoms with van der Waals surface area (Å²) in [6.07, 6.45) is 2.99. The molecule has 9 nitrogen and oxygen atoms in total. The van der Waals surface area contributed by atoms with Gasteiger partial charge in [-0.2, -0.15) is 0 Å². The van der Waals surface area contributed by atoms with Crippen LogP contribution in [0.3, 0.4) is 0 Å². The summed E-state index contributed by atoms with van der Waals surface area (Å²) in [6, 6.07) is 4.33. The minimum absolute atomic E-state index is 0.0512. The molecule has 31 heavy (non-hydrogen) atoms. The van der Waals surface area contributed by atoms with E-state index in [0.29, 0.717) is 5.69 Å². The summed E-state index contributed by atoms with van der Waals surface area (Å²) in [5, 5.41) is 17.8. The lowest BCUT2D eigenvalue weighted by atomic mass is 10.1. The molecule has 0 aromatic heterocycles. The minimum atomic E-state index is -3.77. The zero-order valence-electron chi connectivity index (χ0n) is 18.3. The summed E-state index contributed by atoms with van der Waals surface area (Å²) in [6.45, 7) is 3.40. The number of piperidine rings is 1. The van der Waals surface area contributed by atoms with E-state index in [-0.39, 0.29) is 21.7 Å². The summed E-state index contributed by atoms with van der Waals surface area (Å²) in [5.74, 6) is -1.87. The van der Waals surface area contributed by atoms with E-state index in [1.807, 2.05) is 4.90 Å². The van der Waals surface area contributed by atoms with Crippen molar-refractivity contribution in [2.24, 2.45) is 0 Å². The minimum Gasteiger partial charge on any atom is -0.508 e. The molecule has 1 aliphatic rings. The number of hydrogen-bond donors (Lipinski definition) is 2. The first-order chi connectivity index (χ1) is 14.5. The van der Waals surface area contributed by atoms with Crippen LogP contribution in [-0.2, 0) is 19.6 Å². The second kappa shape index (κ2) is 10.1. The normalized spacial score (nSPS) is 15.5. The van der Waals surface area contributed by atoms with Crippen LogP contribution in [-0.4, -0.2) is 69.1 Å². The molecular formula is C21H29N3O6S. The molecule has 1 aromatic rings. The number of carbonyl (C=O) groups excluding carboxylic acids is 2. The van der Waals surface area contributed by atoms with Crippen LogP contribution in [0, 0.1) is 5.41 Å². The molecule has 2 rings (SSSR count). The molecule has 170 valence electrons. The van der Waals surface area contributed by atoms with Crippen molar-refractivity contribution in [2.75, 3.05) is 38.7 Å². The van der Waals surface area contributed by atoms with Crippen LogP contribution in [0.5, 0.6) is 0 Å². The van der Waals surface area contributed by atoms with Gasteiger partial charge in [0.2, 0.25) is 10.0 Å². The molecule has 0 atom stereocenters. The molecule has 2 N–H and O–H groups in total. The fraction of sp³-hybridized carbons (Fsp3) is 0.476.